The van der Waals surface area contributed by atoms with Crippen molar-refractivity contribution < 1.29 is 9.47 Å². The SMILES string of the molecule is Cl.Cl.c1csc([C@@H](c2cccc3c2OCO3)N2CCNCC2)c1. The van der Waals surface area contributed by atoms with Gasteiger partial charge in [-0.3, -0.25) is 4.90 Å². The fourth-order valence-electron chi connectivity index (χ4n) is 3.09. The molecule has 4 nitrogen and oxygen atoms in total. The molecule has 0 amide bonds. The van der Waals surface area contributed by atoms with Crippen molar-refractivity contribution in [3.05, 3.63) is 46.2 Å². The van der Waals surface area contributed by atoms with Gasteiger partial charge in [0.1, 0.15) is 0 Å². The number of nitrogens with one attached hydrogen (secondary N) is 1. The van der Waals surface area contributed by atoms with Crippen LogP contribution in [0, 0.1) is 0 Å². The van der Waals surface area contributed by atoms with Gasteiger partial charge >= 0.3 is 0 Å². The Balaban J connectivity index is 0.000000960. The van der Waals surface area contributed by atoms with Crippen molar-refractivity contribution in [1.29, 1.82) is 0 Å². The van der Waals surface area contributed by atoms with Gasteiger partial charge in [-0.2, -0.15) is 0 Å². The standard InChI is InChI=1S/C16H18N2O2S.2ClH/c1-3-12(16-13(4-1)19-11-20-16)15(14-5-2-10-21-14)18-8-6-17-7-9-18;;/h1-5,10,15,17H,6-9,11H2;2*1H/t15-;;/m1../s1. The maximum Gasteiger partial charge on any atom is 0.231 e. The summed E-state index contributed by atoms with van der Waals surface area (Å²) in [5.41, 5.74) is 1.22. The van der Waals surface area contributed by atoms with Crippen LogP contribution >= 0.6 is 36.2 Å². The number of benzene rings is 1. The van der Waals surface area contributed by atoms with Crippen LogP contribution in [0.2, 0.25) is 0 Å². The Hall–Kier alpha value is -0.980. The molecule has 2 aliphatic rings. The van der Waals surface area contributed by atoms with Crippen LogP contribution in [-0.2, 0) is 0 Å². The lowest BCUT2D eigenvalue weighted by Crippen LogP contribution is -2.45. The van der Waals surface area contributed by atoms with Gasteiger partial charge in [-0.1, -0.05) is 18.2 Å². The molecule has 0 bridgehead atoms. The molecule has 1 aromatic heterocycles. The Kier molecular flexibility index (Phi) is 6.56. The highest BCUT2D eigenvalue weighted by Gasteiger charge is 2.30. The Labute approximate surface area is 152 Å². The van der Waals surface area contributed by atoms with Gasteiger partial charge in [-0.05, 0) is 17.5 Å². The minimum Gasteiger partial charge on any atom is -0.454 e. The fourth-order valence-corrected chi connectivity index (χ4v) is 3.96. The highest BCUT2D eigenvalue weighted by molar-refractivity contribution is 7.10. The summed E-state index contributed by atoms with van der Waals surface area (Å²) in [6, 6.07) is 10.8. The zero-order valence-electron chi connectivity index (χ0n) is 12.6. The molecule has 4 rings (SSSR count). The van der Waals surface area contributed by atoms with Crippen LogP contribution < -0.4 is 14.8 Å². The minimum atomic E-state index is 0. The lowest BCUT2D eigenvalue weighted by atomic mass is 10.0. The van der Waals surface area contributed by atoms with Crippen molar-refractivity contribution >= 4 is 36.2 Å². The minimum absolute atomic E-state index is 0. The monoisotopic (exact) mass is 374 g/mol. The van der Waals surface area contributed by atoms with Crippen molar-refractivity contribution in [2.24, 2.45) is 0 Å². The maximum atomic E-state index is 5.74. The molecule has 2 aliphatic heterocycles. The Morgan fingerprint density at radius 3 is 2.61 bits per heavy atom. The van der Waals surface area contributed by atoms with Crippen LogP contribution in [0.25, 0.3) is 0 Å². The van der Waals surface area contributed by atoms with E-state index < -0.39 is 0 Å². The second kappa shape index (κ2) is 8.22. The Morgan fingerprint density at radius 2 is 1.87 bits per heavy atom. The van der Waals surface area contributed by atoms with E-state index in [1.807, 2.05) is 6.07 Å². The maximum absolute atomic E-state index is 5.74. The van der Waals surface area contributed by atoms with Crippen molar-refractivity contribution in [3.63, 3.8) is 0 Å². The molecule has 23 heavy (non-hydrogen) atoms. The predicted molar refractivity (Wildman–Crippen MR) is 97.7 cm³/mol. The zero-order chi connectivity index (χ0) is 14.1. The van der Waals surface area contributed by atoms with Crippen LogP contribution in [0.5, 0.6) is 11.5 Å². The third kappa shape index (κ3) is 3.59. The number of halogens is 2. The van der Waals surface area contributed by atoms with Gasteiger partial charge in [-0.15, -0.1) is 36.2 Å². The number of para-hydroxylation sites is 1. The first kappa shape index (κ1) is 18.4. The highest BCUT2D eigenvalue weighted by Crippen LogP contribution is 2.43. The second-order valence-electron chi connectivity index (χ2n) is 5.28. The molecule has 0 saturated carbocycles. The van der Waals surface area contributed by atoms with E-state index in [1.54, 1.807) is 11.3 Å². The molecule has 0 spiro atoms. The quantitative estimate of drug-likeness (QED) is 0.893. The van der Waals surface area contributed by atoms with E-state index in [0.717, 1.165) is 37.7 Å². The smallest absolute Gasteiger partial charge is 0.231 e. The first-order valence-corrected chi connectivity index (χ1v) is 8.18. The van der Waals surface area contributed by atoms with E-state index in [1.165, 1.54) is 10.4 Å². The summed E-state index contributed by atoms with van der Waals surface area (Å²) < 4.78 is 11.3. The molecule has 0 radical (unpaired) electrons. The van der Waals surface area contributed by atoms with E-state index in [9.17, 15) is 0 Å². The van der Waals surface area contributed by atoms with E-state index in [0.29, 0.717) is 6.79 Å². The molecule has 1 aromatic carbocycles. The van der Waals surface area contributed by atoms with Crippen molar-refractivity contribution in [2.45, 2.75) is 6.04 Å². The van der Waals surface area contributed by atoms with Gasteiger partial charge < -0.3 is 14.8 Å². The summed E-state index contributed by atoms with van der Waals surface area (Å²) in [7, 11) is 0. The molecule has 1 fully saturated rings. The largest absolute Gasteiger partial charge is 0.454 e. The average molecular weight is 375 g/mol. The zero-order valence-corrected chi connectivity index (χ0v) is 15.0. The molecule has 0 aliphatic carbocycles. The van der Waals surface area contributed by atoms with E-state index in [4.69, 9.17) is 9.47 Å². The lowest BCUT2D eigenvalue weighted by Gasteiger charge is -2.35. The van der Waals surface area contributed by atoms with Crippen LogP contribution in [0.4, 0.5) is 0 Å². The number of hydrogen-bond donors (Lipinski definition) is 1. The molecule has 1 N–H and O–H groups in total. The summed E-state index contributed by atoms with van der Waals surface area (Å²) in [5, 5.41) is 5.57. The number of fused-ring (bicyclic) bond motifs is 1. The number of piperazine rings is 1. The number of ether oxygens (including phenoxy) is 2. The Morgan fingerprint density at radius 1 is 1.04 bits per heavy atom. The number of nitrogens with zero attached hydrogens (tertiary/aromatic N) is 1. The fraction of sp³-hybridized carbons (Fsp3) is 0.375. The van der Waals surface area contributed by atoms with Crippen molar-refractivity contribution in [1.82, 2.24) is 10.2 Å². The third-order valence-electron chi connectivity index (χ3n) is 4.05. The number of thiophene rings is 1. The summed E-state index contributed by atoms with van der Waals surface area (Å²) in [6.07, 6.45) is 0. The molecule has 1 atom stereocenters. The van der Waals surface area contributed by atoms with Crippen LogP contribution in [-0.4, -0.2) is 37.9 Å². The summed E-state index contributed by atoms with van der Waals surface area (Å²) in [5.74, 6) is 1.78. The second-order valence-corrected chi connectivity index (χ2v) is 6.26. The van der Waals surface area contributed by atoms with Gasteiger partial charge in [0.05, 0.1) is 6.04 Å². The van der Waals surface area contributed by atoms with Gasteiger partial charge in [0.2, 0.25) is 6.79 Å². The predicted octanol–water partition coefficient (Wildman–Crippen LogP) is 3.32. The Bertz CT molecular complexity index is 619. The van der Waals surface area contributed by atoms with Crippen LogP contribution in [0.1, 0.15) is 16.5 Å². The van der Waals surface area contributed by atoms with E-state index in [-0.39, 0.29) is 30.9 Å². The van der Waals surface area contributed by atoms with Crippen molar-refractivity contribution in [2.75, 3.05) is 33.0 Å². The lowest BCUT2D eigenvalue weighted by molar-refractivity contribution is 0.167. The molecule has 126 valence electrons. The molecule has 0 unspecified atom stereocenters. The van der Waals surface area contributed by atoms with Gasteiger partial charge in [0, 0.05) is 36.6 Å². The molecule has 7 heteroatoms. The average Bonchev–Trinajstić information content (AvgIpc) is 3.20. The molecule has 1 saturated heterocycles. The molecular formula is C16H20Cl2N2O2S. The molecular weight excluding hydrogens is 355 g/mol. The third-order valence-corrected chi connectivity index (χ3v) is 4.98. The number of rotatable bonds is 3. The van der Waals surface area contributed by atoms with Gasteiger partial charge in [0.25, 0.3) is 0 Å². The number of hydrogen-bond acceptors (Lipinski definition) is 5. The molecule has 2 aromatic rings. The summed E-state index contributed by atoms with van der Waals surface area (Å²) in [4.78, 5) is 3.89. The van der Waals surface area contributed by atoms with Crippen LogP contribution in [0.3, 0.4) is 0 Å². The van der Waals surface area contributed by atoms with E-state index in [2.05, 4.69) is 39.9 Å². The van der Waals surface area contributed by atoms with Crippen molar-refractivity contribution in [3.8, 4) is 11.5 Å². The van der Waals surface area contributed by atoms with Gasteiger partial charge in [0.15, 0.2) is 11.5 Å². The summed E-state index contributed by atoms with van der Waals surface area (Å²) in [6.45, 7) is 4.49. The first-order valence-electron chi connectivity index (χ1n) is 7.30. The van der Waals surface area contributed by atoms with Gasteiger partial charge in [-0.25, -0.2) is 0 Å². The topological polar surface area (TPSA) is 33.7 Å². The first-order chi connectivity index (χ1) is 10.4. The van der Waals surface area contributed by atoms with Crippen LogP contribution in [0.15, 0.2) is 35.7 Å². The summed E-state index contributed by atoms with van der Waals surface area (Å²) >= 11 is 1.81. The van der Waals surface area contributed by atoms with E-state index >= 15 is 0 Å². The molecule has 3 heterocycles. The highest BCUT2D eigenvalue weighted by atomic mass is 35.5. The normalized spacial score (nSPS) is 17.9.